The second-order valence-corrected chi connectivity index (χ2v) is 2.57. The average Bonchev–Trinajstić information content (AvgIpc) is 2.06. The number of aromatic nitrogens is 2. The molecule has 1 rings (SSSR count). The summed E-state index contributed by atoms with van der Waals surface area (Å²) in [5.41, 5.74) is 6.71. The maximum absolute atomic E-state index is 5.74. The third-order valence-electron chi connectivity index (χ3n) is 1.61. The van der Waals surface area contributed by atoms with Crippen LogP contribution in [0, 0.1) is 0 Å². The van der Waals surface area contributed by atoms with Gasteiger partial charge in [-0.05, 0) is 6.42 Å². The van der Waals surface area contributed by atoms with E-state index in [2.05, 4.69) is 16.9 Å². The fourth-order valence-corrected chi connectivity index (χ4v) is 0.848. The molecular formula is C8H13N3. The minimum Gasteiger partial charge on any atom is -0.327 e. The standard InChI is InChI=1S/C8H13N3/c1-2-7(9)5-8-6-10-3-4-11-8/h3-4,6-7H,2,5,9H2,1H3. The molecular weight excluding hydrogens is 138 g/mol. The van der Waals surface area contributed by atoms with E-state index in [1.54, 1.807) is 18.6 Å². The molecule has 0 fully saturated rings. The van der Waals surface area contributed by atoms with Gasteiger partial charge in [0.15, 0.2) is 0 Å². The molecule has 1 aromatic rings. The van der Waals surface area contributed by atoms with E-state index in [0.29, 0.717) is 0 Å². The van der Waals surface area contributed by atoms with Crippen molar-refractivity contribution in [3.63, 3.8) is 0 Å². The molecule has 3 heteroatoms. The summed E-state index contributed by atoms with van der Waals surface area (Å²) in [5, 5.41) is 0. The molecule has 0 aromatic carbocycles. The van der Waals surface area contributed by atoms with Crippen LogP contribution in [0.2, 0.25) is 0 Å². The van der Waals surface area contributed by atoms with E-state index in [0.717, 1.165) is 18.5 Å². The van der Waals surface area contributed by atoms with Crippen LogP contribution in [0.15, 0.2) is 18.6 Å². The molecule has 1 aromatic heterocycles. The maximum atomic E-state index is 5.74. The van der Waals surface area contributed by atoms with E-state index in [9.17, 15) is 0 Å². The maximum Gasteiger partial charge on any atom is 0.0602 e. The Kier molecular flexibility index (Phi) is 2.98. The van der Waals surface area contributed by atoms with Crippen molar-refractivity contribution in [2.45, 2.75) is 25.8 Å². The lowest BCUT2D eigenvalue weighted by molar-refractivity contribution is 0.635. The summed E-state index contributed by atoms with van der Waals surface area (Å²) in [6.45, 7) is 2.07. The van der Waals surface area contributed by atoms with Crippen LogP contribution in [0.1, 0.15) is 19.0 Å². The summed E-state index contributed by atoms with van der Waals surface area (Å²) in [4.78, 5) is 8.08. The quantitative estimate of drug-likeness (QED) is 0.693. The van der Waals surface area contributed by atoms with E-state index in [-0.39, 0.29) is 6.04 Å². The third-order valence-corrected chi connectivity index (χ3v) is 1.61. The molecule has 0 spiro atoms. The molecule has 1 atom stereocenters. The van der Waals surface area contributed by atoms with Crippen LogP contribution in [0.4, 0.5) is 0 Å². The van der Waals surface area contributed by atoms with Crippen LogP contribution < -0.4 is 5.73 Å². The first kappa shape index (κ1) is 8.14. The molecule has 0 saturated heterocycles. The van der Waals surface area contributed by atoms with Crippen LogP contribution >= 0.6 is 0 Å². The lowest BCUT2D eigenvalue weighted by atomic mass is 10.1. The first-order valence-electron chi connectivity index (χ1n) is 3.83. The smallest absolute Gasteiger partial charge is 0.0602 e. The summed E-state index contributed by atoms with van der Waals surface area (Å²) < 4.78 is 0. The van der Waals surface area contributed by atoms with E-state index < -0.39 is 0 Å². The van der Waals surface area contributed by atoms with Gasteiger partial charge in [-0.1, -0.05) is 6.92 Å². The zero-order valence-electron chi connectivity index (χ0n) is 6.70. The molecule has 0 aliphatic heterocycles. The monoisotopic (exact) mass is 151 g/mol. The van der Waals surface area contributed by atoms with Crippen LogP contribution in [0.3, 0.4) is 0 Å². The summed E-state index contributed by atoms with van der Waals surface area (Å²) in [6.07, 6.45) is 6.93. The van der Waals surface area contributed by atoms with Gasteiger partial charge < -0.3 is 5.73 Å². The minimum atomic E-state index is 0.215. The molecule has 11 heavy (non-hydrogen) atoms. The molecule has 0 amide bonds. The van der Waals surface area contributed by atoms with Crippen molar-refractivity contribution >= 4 is 0 Å². The Labute approximate surface area is 66.7 Å². The zero-order valence-corrected chi connectivity index (χ0v) is 6.70. The number of nitrogens with two attached hydrogens (primary N) is 1. The molecule has 0 aliphatic rings. The molecule has 60 valence electrons. The van der Waals surface area contributed by atoms with Gasteiger partial charge in [0, 0.05) is 31.1 Å². The molecule has 0 aliphatic carbocycles. The average molecular weight is 151 g/mol. The number of hydrogen-bond acceptors (Lipinski definition) is 3. The van der Waals surface area contributed by atoms with Crippen molar-refractivity contribution in [3.05, 3.63) is 24.3 Å². The molecule has 1 unspecified atom stereocenters. The molecule has 1 heterocycles. The van der Waals surface area contributed by atoms with Gasteiger partial charge in [0.25, 0.3) is 0 Å². The number of nitrogens with zero attached hydrogens (tertiary/aromatic N) is 2. The van der Waals surface area contributed by atoms with Gasteiger partial charge in [-0.15, -0.1) is 0 Å². The second kappa shape index (κ2) is 4.03. The highest BCUT2D eigenvalue weighted by atomic mass is 14.8. The van der Waals surface area contributed by atoms with Crippen molar-refractivity contribution in [2.24, 2.45) is 5.73 Å². The van der Waals surface area contributed by atoms with Gasteiger partial charge in [0.2, 0.25) is 0 Å². The van der Waals surface area contributed by atoms with Crippen molar-refractivity contribution in [1.29, 1.82) is 0 Å². The summed E-state index contributed by atoms with van der Waals surface area (Å²) in [7, 11) is 0. The van der Waals surface area contributed by atoms with Gasteiger partial charge >= 0.3 is 0 Å². The fraction of sp³-hybridized carbons (Fsp3) is 0.500. The van der Waals surface area contributed by atoms with Crippen LogP contribution in [-0.4, -0.2) is 16.0 Å². The van der Waals surface area contributed by atoms with Crippen LogP contribution in [-0.2, 0) is 6.42 Å². The second-order valence-electron chi connectivity index (χ2n) is 2.57. The highest BCUT2D eigenvalue weighted by Gasteiger charge is 2.00. The lowest BCUT2D eigenvalue weighted by Crippen LogP contribution is -2.21. The Morgan fingerprint density at radius 1 is 1.55 bits per heavy atom. The van der Waals surface area contributed by atoms with Crippen molar-refractivity contribution in [2.75, 3.05) is 0 Å². The van der Waals surface area contributed by atoms with E-state index in [1.807, 2.05) is 0 Å². The number of hydrogen-bond donors (Lipinski definition) is 1. The Balaban J connectivity index is 2.51. The van der Waals surface area contributed by atoms with Crippen LogP contribution in [0.5, 0.6) is 0 Å². The first-order valence-corrected chi connectivity index (χ1v) is 3.83. The van der Waals surface area contributed by atoms with Gasteiger partial charge in [-0.25, -0.2) is 0 Å². The Hall–Kier alpha value is -0.960. The SMILES string of the molecule is CCC(N)Cc1cnccn1. The topological polar surface area (TPSA) is 51.8 Å². The predicted molar refractivity (Wildman–Crippen MR) is 44.0 cm³/mol. The Bertz CT molecular complexity index is 198. The first-order chi connectivity index (χ1) is 5.33. The third kappa shape index (κ3) is 2.63. The largest absolute Gasteiger partial charge is 0.327 e. The van der Waals surface area contributed by atoms with E-state index in [1.165, 1.54) is 0 Å². The Morgan fingerprint density at radius 2 is 2.36 bits per heavy atom. The zero-order chi connectivity index (χ0) is 8.10. The molecule has 2 N–H and O–H groups in total. The molecule has 0 saturated carbocycles. The fourth-order valence-electron chi connectivity index (χ4n) is 0.848. The van der Waals surface area contributed by atoms with Crippen molar-refractivity contribution in [3.8, 4) is 0 Å². The van der Waals surface area contributed by atoms with Crippen molar-refractivity contribution in [1.82, 2.24) is 9.97 Å². The van der Waals surface area contributed by atoms with Gasteiger partial charge in [-0.3, -0.25) is 9.97 Å². The normalized spacial score (nSPS) is 12.9. The molecule has 3 nitrogen and oxygen atoms in total. The molecule has 0 bridgehead atoms. The summed E-state index contributed by atoms with van der Waals surface area (Å²) in [6, 6.07) is 0.215. The van der Waals surface area contributed by atoms with Crippen molar-refractivity contribution < 1.29 is 0 Å². The Morgan fingerprint density at radius 3 is 2.91 bits per heavy atom. The highest BCUT2D eigenvalue weighted by molar-refractivity contribution is 4.96. The van der Waals surface area contributed by atoms with Gasteiger partial charge in [-0.2, -0.15) is 0 Å². The van der Waals surface area contributed by atoms with E-state index in [4.69, 9.17) is 5.73 Å². The highest BCUT2D eigenvalue weighted by Crippen LogP contribution is 1.97. The van der Waals surface area contributed by atoms with E-state index >= 15 is 0 Å². The number of rotatable bonds is 3. The lowest BCUT2D eigenvalue weighted by Gasteiger charge is -2.05. The van der Waals surface area contributed by atoms with Gasteiger partial charge in [0.1, 0.15) is 0 Å². The predicted octanol–water partition coefficient (Wildman–Crippen LogP) is 0.756. The van der Waals surface area contributed by atoms with Gasteiger partial charge in [0.05, 0.1) is 5.69 Å². The molecule has 0 radical (unpaired) electrons. The summed E-state index contributed by atoms with van der Waals surface area (Å²) in [5.74, 6) is 0. The summed E-state index contributed by atoms with van der Waals surface area (Å²) >= 11 is 0. The van der Waals surface area contributed by atoms with Crippen LogP contribution in [0.25, 0.3) is 0 Å². The minimum absolute atomic E-state index is 0.215.